The van der Waals surface area contributed by atoms with Crippen LogP contribution in [0.1, 0.15) is 18.7 Å². The molecule has 2 N–H and O–H groups in total. The highest BCUT2D eigenvalue weighted by Gasteiger charge is 2.34. The number of hydrogen-bond acceptors (Lipinski definition) is 4. The van der Waals surface area contributed by atoms with Gasteiger partial charge in [-0.05, 0) is 32.2 Å². The van der Waals surface area contributed by atoms with E-state index < -0.39 is 25.1 Å². The van der Waals surface area contributed by atoms with E-state index in [0.717, 1.165) is 4.88 Å². The third-order valence-corrected chi connectivity index (χ3v) is 3.72. The van der Waals surface area contributed by atoms with Crippen LogP contribution in [0, 0.1) is 6.92 Å². The number of rotatable bonds is 5. The van der Waals surface area contributed by atoms with Gasteiger partial charge in [-0.2, -0.15) is 0 Å². The molecule has 96 valence electrons. The summed E-state index contributed by atoms with van der Waals surface area (Å²) in [4.78, 5) is 30.2. The number of carbonyl (C=O) groups is 1. The number of ketones is 1. The SMILES string of the molecule is Cc1sccc1OC(C)(C)C(=O)CP(=O)(O)O. The van der Waals surface area contributed by atoms with E-state index in [1.165, 1.54) is 25.2 Å². The highest BCUT2D eigenvalue weighted by atomic mass is 32.1. The van der Waals surface area contributed by atoms with Gasteiger partial charge in [0.15, 0.2) is 11.4 Å². The van der Waals surface area contributed by atoms with Crippen molar-refractivity contribution in [3.63, 3.8) is 0 Å². The van der Waals surface area contributed by atoms with Crippen molar-refractivity contribution < 1.29 is 23.9 Å². The molecule has 0 radical (unpaired) electrons. The molecule has 0 saturated heterocycles. The fraction of sp³-hybridized carbons (Fsp3) is 0.500. The van der Waals surface area contributed by atoms with E-state index in [1.54, 1.807) is 6.07 Å². The van der Waals surface area contributed by atoms with Gasteiger partial charge in [-0.3, -0.25) is 9.36 Å². The van der Waals surface area contributed by atoms with E-state index in [0.29, 0.717) is 5.75 Å². The van der Waals surface area contributed by atoms with E-state index >= 15 is 0 Å². The van der Waals surface area contributed by atoms with Gasteiger partial charge < -0.3 is 14.5 Å². The first-order valence-corrected chi connectivity index (χ1v) is 7.60. The van der Waals surface area contributed by atoms with Crippen LogP contribution in [-0.4, -0.2) is 27.3 Å². The molecular weight excluding hydrogens is 263 g/mol. The normalized spacial score (nSPS) is 12.5. The maximum absolute atomic E-state index is 11.7. The number of aryl methyl sites for hydroxylation is 1. The molecule has 0 aliphatic heterocycles. The first-order chi connectivity index (χ1) is 7.62. The van der Waals surface area contributed by atoms with Gasteiger partial charge in [0.2, 0.25) is 0 Å². The van der Waals surface area contributed by atoms with E-state index in [9.17, 15) is 9.36 Å². The molecule has 0 fully saturated rings. The number of ether oxygens (including phenoxy) is 1. The van der Waals surface area contributed by atoms with Crippen molar-refractivity contribution in [1.82, 2.24) is 0 Å². The molecule has 0 aromatic carbocycles. The highest BCUT2D eigenvalue weighted by Crippen LogP contribution is 2.36. The largest absolute Gasteiger partial charge is 0.479 e. The van der Waals surface area contributed by atoms with Gasteiger partial charge in [-0.25, -0.2) is 0 Å². The number of Topliss-reactive ketones (excluding diaryl/α,β-unsaturated/α-hetero) is 1. The lowest BCUT2D eigenvalue weighted by atomic mass is 10.1. The summed E-state index contributed by atoms with van der Waals surface area (Å²) in [5.41, 5.74) is -1.24. The van der Waals surface area contributed by atoms with Gasteiger partial charge in [-0.15, -0.1) is 11.3 Å². The average Bonchev–Trinajstić information content (AvgIpc) is 2.48. The van der Waals surface area contributed by atoms with Crippen molar-refractivity contribution in [3.05, 3.63) is 16.3 Å². The Balaban J connectivity index is 2.78. The molecule has 1 aromatic heterocycles. The molecule has 0 atom stereocenters. The third-order valence-electron chi connectivity index (χ3n) is 2.20. The van der Waals surface area contributed by atoms with E-state index in [-0.39, 0.29) is 0 Å². The Labute approximate surface area is 104 Å². The molecule has 0 spiro atoms. The molecule has 1 aromatic rings. The van der Waals surface area contributed by atoms with E-state index in [2.05, 4.69) is 0 Å². The third kappa shape index (κ3) is 4.24. The molecule has 0 amide bonds. The number of hydrogen-bond donors (Lipinski definition) is 2. The van der Waals surface area contributed by atoms with Crippen LogP contribution in [0.15, 0.2) is 11.4 Å². The maximum Gasteiger partial charge on any atom is 0.333 e. The minimum absolute atomic E-state index is 0.569. The van der Waals surface area contributed by atoms with Gasteiger partial charge in [0.25, 0.3) is 0 Å². The maximum atomic E-state index is 11.7. The lowest BCUT2D eigenvalue weighted by molar-refractivity contribution is -0.129. The zero-order valence-corrected chi connectivity index (χ0v) is 11.5. The van der Waals surface area contributed by atoms with Crippen molar-refractivity contribution >= 4 is 24.7 Å². The van der Waals surface area contributed by atoms with Crippen LogP contribution in [0.3, 0.4) is 0 Å². The van der Waals surface area contributed by atoms with Crippen molar-refractivity contribution in [1.29, 1.82) is 0 Å². The van der Waals surface area contributed by atoms with Crippen LogP contribution in [0.4, 0.5) is 0 Å². The van der Waals surface area contributed by atoms with Crippen LogP contribution in [-0.2, 0) is 9.36 Å². The topological polar surface area (TPSA) is 83.8 Å². The van der Waals surface area contributed by atoms with Crippen molar-refractivity contribution in [2.45, 2.75) is 26.4 Å². The second-order valence-electron chi connectivity index (χ2n) is 4.20. The molecule has 0 bridgehead atoms. The minimum atomic E-state index is -4.35. The second-order valence-corrected chi connectivity index (χ2v) is 6.97. The smallest absolute Gasteiger partial charge is 0.333 e. The minimum Gasteiger partial charge on any atom is -0.479 e. The van der Waals surface area contributed by atoms with Crippen LogP contribution in [0.25, 0.3) is 0 Å². The van der Waals surface area contributed by atoms with Gasteiger partial charge >= 0.3 is 7.60 Å². The van der Waals surface area contributed by atoms with Crippen molar-refractivity contribution in [2.24, 2.45) is 0 Å². The molecule has 5 nitrogen and oxygen atoms in total. The summed E-state index contributed by atoms with van der Waals surface area (Å²) in [7, 11) is -4.35. The molecule has 0 aliphatic carbocycles. The lowest BCUT2D eigenvalue weighted by Gasteiger charge is -2.25. The summed E-state index contributed by atoms with van der Waals surface area (Å²) in [6.07, 6.45) is -0.802. The van der Waals surface area contributed by atoms with Crippen molar-refractivity contribution in [2.75, 3.05) is 6.16 Å². The molecule has 0 aliphatic rings. The van der Waals surface area contributed by atoms with Crippen LogP contribution < -0.4 is 4.74 Å². The standard InChI is InChI=1S/C10H15O5PS/c1-7-8(4-5-17-7)15-10(2,3)9(11)6-16(12,13)14/h4-5H,6H2,1-3H3,(H2,12,13,14). The van der Waals surface area contributed by atoms with Crippen molar-refractivity contribution in [3.8, 4) is 5.75 Å². The Bertz CT molecular complexity index is 459. The quantitative estimate of drug-likeness (QED) is 0.804. The predicted octanol–water partition coefficient (Wildman–Crippen LogP) is 1.96. The molecular formula is C10H15O5PS. The first kappa shape index (κ1) is 14.4. The van der Waals surface area contributed by atoms with Crippen LogP contribution in [0.2, 0.25) is 0 Å². The Kier molecular flexibility index (Phi) is 4.15. The number of thiophene rings is 1. The molecule has 0 unspecified atom stereocenters. The summed E-state index contributed by atoms with van der Waals surface area (Å²) in [5, 5.41) is 1.83. The fourth-order valence-electron chi connectivity index (χ4n) is 1.19. The summed E-state index contributed by atoms with van der Waals surface area (Å²) in [5.74, 6) is -0.0458. The molecule has 7 heteroatoms. The molecule has 17 heavy (non-hydrogen) atoms. The Hall–Kier alpha value is -0.680. The number of carbonyl (C=O) groups excluding carboxylic acids is 1. The summed E-state index contributed by atoms with van der Waals surface area (Å²) in [6, 6.07) is 1.73. The molecule has 0 saturated carbocycles. The summed E-state index contributed by atoms with van der Waals surface area (Å²) < 4.78 is 16.3. The van der Waals surface area contributed by atoms with Crippen LogP contribution in [0.5, 0.6) is 5.75 Å². The lowest BCUT2D eigenvalue weighted by Crippen LogP contribution is -2.40. The second kappa shape index (κ2) is 4.90. The Morgan fingerprint density at radius 2 is 2.12 bits per heavy atom. The van der Waals surface area contributed by atoms with Gasteiger partial charge in [-0.1, -0.05) is 0 Å². The molecule has 1 rings (SSSR count). The zero-order valence-electron chi connectivity index (χ0n) is 9.84. The Morgan fingerprint density at radius 3 is 2.53 bits per heavy atom. The Morgan fingerprint density at radius 1 is 1.53 bits per heavy atom. The van der Waals surface area contributed by atoms with E-state index in [4.69, 9.17) is 14.5 Å². The summed E-state index contributed by atoms with van der Waals surface area (Å²) in [6.45, 7) is 4.85. The summed E-state index contributed by atoms with van der Waals surface area (Å²) >= 11 is 1.48. The average molecular weight is 278 g/mol. The zero-order chi connectivity index (χ0) is 13.3. The predicted molar refractivity (Wildman–Crippen MR) is 65.7 cm³/mol. The monoisotopic (exact) mass is 278 g/mol. The van der Waals surface area contributed by atoms with Gasteiger partial charge in [0.05, 0.1) is 0 Å². The van der Waals surface area contributed by atoms with E-state index in [1.807, 2.05) is 12.3 Å². The van der Waals surface area contributed by atoms with Gasteiger partial charge in [0.1, 0.15) is 11.9 Å². The molecule has 1 heterocycles. The first-order valence-electron chi connectivity index (χ1n) is 4.93. The highest BCUT2D eigenvalue weighted by molar-refractivity contribution is 7.52. The van der Waals surface area contributed by atoms with Gasteiger partial charge in [0, 0.05) is 4.88 Å². The fourth-order valence-corrected chi connectivity index (χ4v) is 2.57. The van der Waals surface area contributed by atoms with Crippen LogP contribution >= 0.6 is 18.9 Å².